The van der Waals surface area contributed by atoms with E-state index in [0.717, 1.165) is 55.0 Å². The fourth-order valence-electron chi connectivity index (χ4n) is 4.50. The Kier molecular flexibility index (Phi) is 4.53. The molecule has 0 N–H and O–H groups in total. The zero-order valence-corrected chi connectivity index (χ0v) is 15.7. The standard InChI is InChI=1S/C22H27N3O/c1-17-4-5-20(14-23-17)18-6-8-19(9-7-18)21(26)25-12-3-10-22(16-25)11-13-24(2)15-22/h4-9,14H,3,10-13,15-16H2,1-2H3/t22-/m0/s1. The lowest BCUT2D eigenvalue weighted by molar-refractivity contribution is 0.0534. The SMILES string of the molecule is Cc1ccc(-c2ccc(C(=O)N3CCC[C@@]4(CCN(C)C4)C3)cc2)cn1. The van der Waals surface area contributed by atoms with E-state index < -0.39 is 0 Å². The maximum absolute atomic E-state index is 13.0. The second kappa shape index (κ2) is 6.84. The Morgan fingerprint density at radius 2 is 1.77 bits per heavy atom. The number of carbonyl (C=O) groups excluding carboxylic acids is 1. The summed E-state index contributed by atoms with van der Waals surface area (Å²) in [6.07, 6.45) is 5.47. The molecule has 0 aliphatic carbocycles. The van der Waals surface area contributed by atoms with Crippen molar-refractivity contribution < 1.29 is 4.79 Å². The van der Waals surface area contributed by atoms with Gasteiger partial charge in [0, 0.05) is 48.1 Å². The molecule has 1 spiro atoms. The van der Waals surface area contributed by atoms with Crippen LogP contribution in [0.5, 0.6) is 0 Å². The summed E-state index contributed by atoms with van der Waals surface area (Å²) < 4.78 is 0. The first-order valence-electron chi connectivity index (χ1n) is 9.56. The zero-order chi connectivity index (χ0) is 18.1. The van der Waals surface area contributed by atoms with Crippen molar-refractivity contribution >= 4 is 5.91 Å². The van der Waals surface area contributed by atoms with Gasteiger partial charge in [-0.25, -0.2) is 0 Å². The Morgan fingerprint density at radius 1 is 1.00 bits per heavy atom. The predicted molar refractivity (Wildman–Crippen MR) is 104 cm³/mol. The molecule has 1 amide bonds. The molecular formula is C22H27N3O. The quantitative estimate of drug-likeness (QED) is 0.831. The number of aryl methyl sites for hydroxylation is 1. The molecule has 2 aliphatic heterocycles. The Morgan fingerprint density at radius 3 is 2.42 bits per heavy atom. The Balaban J connectivity index is 1.48. The van der Waals surface area contributed by atoms with Crippen LogP contribution in [0.2, 0.25) is 0 Å². The van der Waals surface area contributed by atoms with Gasteiger partial charge in [-0.1, -0.05) is 18.2 Å². The lowest BCUT2D eigenvalue weighted by Crippen LogP contribution is -2.47. The van der Waals surface area contributed by atoms with Gasteiger partial charge >= 0.3 is 0 Å². The van der Waals surface area contributed by atoms with Crippen molar-refractivity contribution in [2.45, 2.75) is 26.2 Å². The number of hydrogen-bond acceptors (Lipinski definition) is 3. The van der Waals surface area contributed by atoms with Crippen LogP contribution in [0, 0.1) is 12.3 Å². The molecule has 2 aromatic rings. The van der Waals surface area contributed by atoms with E-state index in [9.17, 15) is 4.79 Å². The Hall–Kier alpha value is -2.20. The fraction of sp³-hybridized carbons (Fsp3) is 0.455. The third-order valence-electron chi connectivity index (χ3n) is 5.95. The number of carbonyl (C=O) groups is 1. The molecular weight excluding hydrogens is 322 g/mol. The molecule has 4 heteroatoms. The first-order chi connectivity index (χ1) is 12.5. The Labute approximate surface area is 155 Å². The molecule has 2 aliphatic rings. The predicted octanol–water partition coefficient (Wildman–Crippen LogP) is 3.61. The molecule has 1 aromatic carbocycles. The van der Waals surface area contributed by atoms with Crippen LogP contribution < -0.4 is 0 Å². The summed E-state index contributed by atoms with van der Waals surface area (Å²) in [6.45, 7) is 6.05. The molecule has 0 unspecified atom stereocenters. The van der Waals surface area contributed by atoms with Crippen LogP contribution in [-0.2, 0) is 0 Å². The maximum Gasteiger partial charge on any atom is 0.253 e. The molecule has 2 saturated heterocycles. The van der Waals surface area contributed by atoms with Gasteiger partial charge in [0.15, 0.2) is 0 Å². The van der Waals surface area contributed by atoms with Crippen LogP contribution in [0.3, 0.4) is 0 Å². The van der Waals surface area contributed by atoms with Crippen molar-refractivity contribution in [1.82, 2.24) is 14.8 Å². The van der Waals surface area contributed by atoms with Crippen molar-refractivity contribution in [2.75, 3.05) is 33.2 Å². The number of piperidine rings is 1. The number of benzene rings is 1. The molecule has 1 atom stereocenters. The first-order valence-corrected chi connectivity index (χ1v) is 9.56. The third-order valence-corrected chi connectivity index (χ3v) is 5.95. The highest BCUT2D eigenvalue weighted by Gasteiger charge is 2.41. The van der Waals surface area contributed by atoms with Crippen LogP contribution in [0.1, 0.15) is 35.3 Å². The zero-order valence-electron chi connectivity index (χ0n) is 15.7. The summed E-state index contributed by atoms with van der Waals surface area (Å²) >= 11 is 0. The monoisotopic (exact) mass is 349 g/mol. The largest absolute Gasteiger partial charge is 0.338 e. The normalized spacial score (nSPS) is 23.5. The van der Waals surface area contributed by atoms with E-state index in [1.165, 1.54) is 12.8 Å². The van der Waals surface area contributed by atoms with E-state index in [1.807, 2.05) is 43.5 Å². The van der Waals surface area contributed by atoms with Crippen LogP contribution in [0.15, 0.2) is 42.6 Å². The van der Waals surface area contributed by atoms with Crippen LogP contribution in [-0.4, -0.2) is 53.9 Å². The number of likely N-dealkylation sites (tertiary alicyclic amines) is 2. The maximum atomic E-state index is 13.0. The lowest BCUT2D eigenvalue weighted by atomic mass is 9.79. The van der Waals surface area contributed by atoms with Crippen molar-refractivity contribution in [3.05, 3.63) is 53.9 Å². The van der Waals surface area contributed by atoms with E-state index in [4.69, 9.17) is 0 Å². The summed E-state index contributed by atoms with van der Waals surface area (Å²) in [5.74, 6) is 0.173. The van der Waals surface area contributed by atoms with Crippen LogP contribution in [0.25, 0.3) is 11.1 Å². The molecule has 1 aromatic heterocycles. The third kappa shape index (κ3) is 3.38. The topological polar surface area (TPSA) is 36.4 Å². The molecule has 4 rings (SSSR count). The van der Waals surface area contributed by atoms with Gasteiger partial charge in [0.25, 0.3) is 5.91 Å². The van der Waals surface area contributed by atoms with Gasteiger partial charge < -0.3 is 9.80 Å². The molecule has 0 radical (unpaired) electrons. The first kappa shape index (κ1) is 17.2. The van der Waals surface area contributed by atoms with Crippen molar-refractivity contribution in [1.29, 1.82) is 0 Å². The number of nitrogens with zero attached hydrogens (tertiary/aromatic N) is 3. The highest BCUT2D eigenvalue weighted by atomic mass is 16.2. The number of aromatic nitrogens is 1. The molecule has 3 heterocycles. The smallest absolute Gasteiger partial charge is 0.253 e. The Bertz CT molecular complexity index is 780. The van der Waals surface area contributed by atoms with Crippen molar-refractivity contribution in [3.63, 3.8) is 0 Å². The number of hydrogen-bond donors (Lipinski definition) is 0. The molecule has 0 bridgehead atoms. The van der Waals surface area contributed by atoms with Crippen LogP contribution >= 0.6 is 0 Å². The summed E-state index contributed by atoms with van der Waals surface area (Å²) in [7, 11) is 2.19. The van der Waals surface area contributed by atoms with Gasteiger partial charge in [-0.3, -0.25) is 9.78 Å². The summed E-state index contributed by atoms with van der Waals surface area (Å²) in [6, 6.07) is 12.1. The number of rotatable bonds is 2. The van der Waals surface area contributed by atoms with Gasteiger partial charge in [-0.15, -0.1) is 0 Å². The van der Waals surface area contributed by atoms with E-state index in [-0.39, 0.29) is 5.91 Å². The lowest BCUT2D eigenvalue weighted by Gasteiger charge is -2.40. The summed E-state index contributed by atoms with van der Waals surface area (Å²) in [5, 5.41) is 0. The minimum absolute atomic E-state index is 0.173. The van der Waals surface area contributed by atoms with E-state index in [1.54, 1.807) is 0 Å². The van der Waals surface area contributed by atoms with E-state index in [2.05, 4.69) is 27.9 Å². The van der Waals surface area contributed by atoms with Gasteiger partial charge in [0.1, 0.15) is 0 Å². The number of amides is 1. The van der Waals surface area contributed by atoms with Gasteiger partial charge in [0.2, 0.25) is 0 Å². The van der Waals surface area contributed by atoms with E-state index >= 15 is 0 Å². The molecule has 4 nitrogen and oxygen atoms in total. The van der Waals surface area contributed by atoms with Crippen molar-refractivity contribution in [2.24, 2.45) is 5.41 Å². The second-order valence-corrected chi connectivity index (χ2v) is 8.08. The minimum atomic E-state index is 0.173. The minimum Gasteiger partial charge on any atom is -0.338 e. The highest BCUT2D eigenvalue weighted by molar-refractivity contribution is 5.94. The van der Waals surface area contributed by atoms with E-state index in [0.29, 0.717) is 5.41 Å². The van der Waals surface area contributed by atoms with Crippen molar-refractivity contribution in [3.8, 4) is 11.1 Å². The van der Waals surface area contributed by atoms with Gasteiger partial charge in [-0.2, -0.15) is 0 Å². The molecule has 26 heavy (non-hydrogen) atoms. The highest BCUT2D eigenvalue weighted by Crippen LogP contribution is 2.38. The summed E-state index contributed by atoms with van der Waals surface area (Å²) in [5.41, 5.74) is 4.30. The summed E-state index contributed by atoms with van der Waals surface area (Å²) in [4.78, 5) is 21.8. The molecule has 0 saturated carbocycles. The van der Waals surface area contributed by atoms with Gasteiger partial charge in [-0.05, 0) is 63.5 Å². The van der Waals surface area contributed by atoms with Crippen LogP contribution in [0.4, 0.5) is 0 Å². The average Bonchev–Trinajstić information content (AvgIpc) is 3.01. The fourth-order valence-corrected chi connectivity index (χ4v) is 4.50. The molecule has 136 valence electrons. The number of pyridine rings is 1. The van der Waals surface area contributed by atoms with Gasteiger partial charge in [0.05, 0.1) is 0 Å². The molecule has 2 fully saturated rings. The average molecular weight is 349 g/mol. The second-order valence-electron chi connectivity index (χ2n) is 8.08.